The molecule has 1 aliphatic heterocycles. The minimum atomic E-state index is -3.67. The number of fused-ring (bicyclic) bond motifs is 1. The highest BCUT2D eigenvalue weighted by Gasteiger charge is 2.31. The molecule has 0 aliphatic carbocycles. The van der Waals surface area contributed by atoms with Crippen LogP contribution in [0.1, 0.15) is 28.4 Å². The zero-order valence-corrected chi connectivity index (χ0v) is 18.1. The molecule has 0 radical (unpaired) electrons. The van der Waals surface area contributed by atoms with Crippen LogP contribution in [0.3, 0.4) is 0 Å². The second-order valence-electron chi connectivity index (χ2n) is 7.25. The summed E-state index contributed by atoms with van der Waals surface area (Å²) in [6.45, 7) is 3.21. The molecule has 4 rings (SSSR count). The van der Waals surface area contributed by atoms with Gasteiger partial charge >= 0.3 is 0 Å². The van der Waals surface area contributed by atoms with E-state index in [0.29, 0.717) is 37.4 Å². The topological polar surface area (TPSA) is 75.7 Å². The van der Waals surface area contributed by atoms with Gasteiger partial charge in [0.05, 0.1) is 17.2 Å². The molecular formula is C24H24N2O4S. The third kappa shape index (κ3) is 4.41. The van der Waals surface area contributed by atoms with Crippen LogP contribution in [0.25, 0.3) is 0 Å². The number of anilines is 1. The molecule has 0 saturated heterocycles. The van der Waals surface area contributed by atoms with Gasteiger partial charge in [0.25, 0.3) is 15.9 Å². The minimum absolute atomic E-state index is 0.242. The SMILES string of the molecule is CCOc1cccc(CNC(=O)c2ccc3c(c2)N(S(=O)(=O)c2ccccc2)CC3)c1. The molecular weight excluding hydrogens is 412 g/mol. The summed E-state index contributed by atoms with van der Waals surface area (Å²) in [5, 5.41) is 2.90. The lowest BCUT2D eigenvalue weighted by Gasteiger charge is -2.20. The maximum atomic E-state index is 13.1. The molecule has 1 N–H and O–H groups in total. The van der Waals surface area contributed by atoms with Gasteiger partial charge in [0.15, 0.2) is 0 Å². The van der Waals surface area contributed by atoms with Crippen LogP contribution in [-0.4, -0.2) is 27.5 Å². The van der Waals surface area contributed by atoms with E-state index in [9.17, 15) is 13.2 Å². The predicted molar refractivity (Wildman–Crippen MR) is 120 cm³/mol. The third-order valence-corrected chi connectivity index (χ3v) is 7.02. The standard InChI is InChI=1S/C24H24N2O4S/c1-2-30-21-8-6-7-18(15-21)17-25-24(27)20-12-11-19-13-14-26(23(19)16-20)31(28,29)22-9-4-3-5-10-22/h3-12,15-16H,2,13-14,17H2,1H3,(H,25,27). The number of nitrogens with zero attached hydrogens (tertiary/aromatic N) is 1. The van der Waals surface area contributed by atoms with E-state index in [-0.39, 0.29) is 10.8 Å². The number of carbonyl (C=O) groups is 1. The number of nitrogens with one attached hydrogen (secondary N) is 1. The largest absolute Gasteiger partial charge is 0.494 e. The first-order valence-electron chi connectivity index (χ1n) is 10.2. The van der Waals surface area contributed by atoms with Crippen molar-refractivity contribution in [2.45, 2.75) is 24.8 Å². The highest BCUT2D eigenvalue weighted by atomic mass is 32.2. The number of hydrogen-bond acceptors (Lipinski definition) is 4. The molecule has 1 amide bonds. The molecule has 160 valence electrons. The first-order chi connectivity index (χ1) is 15.0. The molecule has 0 spiro atoms. The molecule has 7 heteroatoms. The van der Waals surface area contributed by atoms with Crippen LogP contribution in [0.5, 0.6) is 5.75 Å². The molecule has 0 bridgehead atoms. The summed E-state index contributed by atoms with van der Waals surface area (Å²) in [4.78, 5) is 13.0. The highest BCUT2D eigenvalue weighted by molar-refractivity contribution is 7.92. The Kier molecular flexibility index (Phi) is 5.95. The van der Waals surface area contributed by atoms with E-state index in [1.54, 1.807) is 42.5 Å². The normalized spacial score (nSPS) is 13.0. The average Bonchev–Trinajstić information content (AvgIpc) is 3.23. The Balaban J connectivity index is 1.52. The molecule has 0 unspecified atom stereocenters. The molecule has 1 aliphatic rings. The Hall–Kier alpha value is -3.32. The molecule has 3 aromatic carbocycles. The van der Waals surface area contributed by atoms with Crippen molar-refractivity contribution in [1.29, 1.82) is 0 Å². The van der Waals surface area contributed by atoms with Gasteiger partial charge < -0.3 is 10.1 Å². The van der Waals surface area contributed by atoms with Crippen LogP contribution >= 0.6 is 0 Å². The Labute approximate surface area is 182 Å². The van der Waals surface area contributed by atoms with E-state index < -0.39 is 10.0 Å². The number of benzene rings is 3. The summed E-state index contributed by atoms with van der Waals surface area (Å²) in [5.41, 5.74) is 2.83. The number of rotatable bonds is 7. The van der Waals surface area contributed by atoms with E-state index in [4.69, 9.17) is 4.74 Å². The summed E-state index contributed by atoms with van der Waals surface area (Å²) < 4.78 is 33.1. The van der Waals surface area contributed by atoms with E-state index >= 15 is 0 Å². The zero-order chi connectivity index (χ0) is 21.8. The molecule has 31 heavy (non-hydrogen) atoms. The third-order valence-electron chi connectivity index (χ3n) is 5.19. The van der Waals surface area contributed by atoms with Gasteiger partial charge in [0.2, 0.25) is 0 Å². The molecule has 3 aromatic rings. The second kappa shape index (κ2) is 8.81. The number of sulfonamides is 1. The van der Waals surface area contributed by atoms with Crippen LogP contribution in [0.2, 0.25) is 0 Å². The van der Waals surface area contributed by atoms with Crippen molar-refractivity contribution in [3.63, 3.8) is 0 Å². The highest BCUT2D eigenvalue weighted by Crippen LogP contribution is 2.33. The minimum Gasteiger partial charge on any atom is -0.494 e. The van der Waals surface area contributed by atoms with Crippen LogP contribution in [-0.2, 0) is 23.0 Å². The van der Waals surface area contributed by atoms with Gasteiger partial charge in [-0.05, 0) is 60.9 Å². The van der Waals surface area contributed by atoms with Gasteiger partial charge in [-0.1, -0.05) is 36.4 Å². The Morgan fingerprint density at radius 3 is 2.61 bits per heavy atom. The van der Waals surface area contributed by atoms with Gasteiger partial charge in [-0.3, -0.25) is 9.10 Å². The first kappa shape index (κ1) is 20.9. The molecule has 0 fully saturated rings. The first-order valence-corrected chi connectivity index (χ1v) is 11.6. The van der Waals surface area contributed by atoms with Crippen molar-refractivity contribution in [2.24, 2.45) is 0 Å². The lowest BCUT2D eigenvalue weighted by Crippen LogP contribution is -2.29. The van der Waals surface area contributed by atoms with Crippen LogP contribution in [0, 0.1) is 0 Å². The number of ether oxygens (including phenoxy) is 1. The van der Waals surface area contributed by atoms with Gasteiger partial charge in [-0.25, -0.2) is 8.42 Å². The van der Waals surface area contributed by atoms with Gasteiger partial charge in [0.1, 0.15) is 5.75 Å². The summed E-state index contributed by atoms with van der Waals surface area (Å²) in [5.74, 6) is 0.502. The summed E-state index contributed by atoms with van der Waals surface area (Å²) >= 11 is 0. The monoisotopic (exact) mass is 436 g/mol. The predicted octanol–water partition coefficient (Wildman–Crippen LogP) is 3.77. The Morgan fingerprint density at radius 2 is 1.84 bits per heavy atom. The quantitative estimate of drug-likeness (QED) is 0.612. The van der Waals surface area contributed by atoms with Gasteiger partial charge in [-0.15, -0.1) is 0 Å². The lowest BCUT2D eigenvalue weighted by molar-refractivity contribution is 0.0951. The molecule has 6 nitrogen and oxygen atoms in total. The summed E-state index contributed by atoms with van der Waals surface area (Å²) in [6.07, 6.45) is 0.619. The van der Waals surface area contributed by atoms with E-state index in [1.807, 2.05) is 37.3 Å². The molecule has 0 saturated carbocycles. The van der Waals surface area contributed by atoms with Gasteiger partial charge in [-0.2, -0.15) is 0 Å². The fourth-order valence-corrected chi connectivity index (χ4v) is 5.17. The van der Waals surface area contributed by atoms with Crippen molar-refractivity contribution in [3.8, 4) is 5.75 Å². The van der Waals surface area contributed by atoms with Gasteiger partial charge in [0, 0.05) is 18.7 Å². The van der Waals surface area contributed by atoms with E-state index in [0.717, 1.165) is 16.9 Å². The Morgan fingerprint density at radius 1 is 1.03 bits per heavy atom. The number of carbonyl (C=O) groups excluding carboxylic acids is 1. The van der Waals surface area contributed by atoms with Crippen LogP contribution in [0.4, 0.5) is 5.69 Å². The number of hydrogen-bond donors (Lipinski definition) is 1. The smallest absolute Gasteiger partial charge is 0.264 e. The van der Waals surface area contributed by atoms with Crippen molar-refractivity contribution < 1.29 is 17.9 Å². The average molecular weight is 437 g/mol. The fourth-order valence-electron chi connectivity index (χ4n) is 3.66. The van der Waals surface area contributed by atoms with Crippen molar-refractivity contribution >= 4 is 21.6 Å². The molecule has 1 heterocycles. The van der Waals surface area contributed by atoms with Crippen LogP contribution < -0.4 is 14.4 Å². The second-order valence-corrected chi connectivity index (χ2v) is 9.11. The summed E-state index contributed by atoms with van der Waals surface area (Å²) in [6, 6.07) is 21.1. The maximum absolute atomic E-state index is 13.1. The zero-order valence-electron chi connectivity index (χ0n) is 17.2. The number of amides is 1. The molecule has 0 atom stereocenters. The van der Waals surface area contributed by atoms with Crippen molar-refractivity contribution in [2.75, 3.05) is 17.5 Å². The van der Waals surface area contributed by atoms with Crippen molar-refractivity contribution in [3.05, 3.63) is 89.5 Å². The Bertz CT molecular complexity index is 1190. The maximum Gasteiger partial charge on any atom is 0.264 e. The van der Waals surface area contributed by atoms with Crippen LogP contribution in [0.15, 0.2) is 77.7 Å². The van der Waals surface area contributed by atoms with E-state index in [1.165, 1.54) is 4.31 Å². The van der Waals surface area contributed by atoms with E-state index in [2.05, 4.69) is 5.32 Å². The molecule has 0 aromatic heterocycles. The van der Waals surface area contributed by atoms with Crippen molar-refractivity contribution in [1.82, 2.24) is 5.32 Å². The lowest BCUT2D eigenvalue weighted by atomic mass is 10.1. The fraction of sp³-hybridized carbons (Fsp3) is 0.208. The summed E-state index contributed by atoms with van der Waals surface area (Å²) in [7, 11) is -3.67.